The Morgan fingerprint density at radius 3 is 2.52 bits per heavy atom. The summed E-state index contributed by atoms with van der Waals surface area (Å²) in [5.41, 5.74) is 2.46. The Hall–Kier alpha value is -2.79. The molecule has 1 fully saturated rings. The standard InChI is InChI=1S/C20H21NO4/c1-24-20-9-3-15(14-19(20)23)2-8-18(22)16-4-6-17(7-5-16)21-10-12-25-13-11-21/h2-9,14,23H,10-13H2,1H3. The maximum Gasteiger partial charge on any atom is 0.185 e. The van der Waals surface area contributed by atoms with Crippen LogP contribution in [0, 0.1) is 0 Å². The second-order valence-electron chi connectivity index (χ2n) is 5.78. The molecule has 1 N–H and O–H groups in total. The molecule has 25 heavy (non-hydrogen) atoms. The molecule has 2 aromatic carbocycles. The van der Waals surface area contributed by atoms with Crippen molar-refractivity contribution in [2.45, 2.75) is 0 Å². The second kappa shape index (κ2) is 7.85. The van der Waals surface area contributed by atoms with Gasteiger partial charge in [0.2, 0.25) is 0 Å². The van der Waals surface area contributed by atoms with Crippen LogP contribution in [0.15, 0.2) is 48.5 Å². The summed E-state index contributed by atoms with van der Waals surface area (Å²) in [5, 5.41) is 9.77. The molecule has 5 heteroatoms. The molecule has 3 rings (SSSR count). The van der Waals surface area contributed by atoms with Gasteiger partial charge in [0.15, 0.2) is 17.3 Å². The molecular weight excluding hydrogens is 318 g/mol. The Labute approximate surface area is 147 Å². The van der Waals surface area contributed by atoms with Crippen LogP contribution < -0.4 is 9.64 Å². The fourth-order valence-corrected chi connectivity index (χ4v) is 2.74. The maximum absolute atomic E-state index is 12.3. The molecule has 1 aliphatic rings. The molecule has 0 amide bonds. The zero-order chi connectivity index (χ0) is 17.6. The lowest BCUT2D eigenvalue weighted by atomic mass is 10.1. The zero-order valence-electron chi connectivity index (χ0n) is 14.1. The Bertz CT molecular complexity index is 762. The third-order valence-corrected chi connectivity index (χ3v) is 4.16. The number of allylic oxidation sites excluding steroid dienone is 1. The van der Waals surface area contributed by atoms with Gasteiger partial charge in [-0.25, -0.2) is 0 Å². The number of ether oxygens (including phenoxy) is 2. The van der Waals surface area contributed by atoms with E-state index in [1.165, 1.54) is 13.2 Å². The third-order valence-electron chi connectivity index (χ3n) is 4.16. The fraction of sp³-hybridized carbons (Fsp3) is 0.250. The first-order chi connectivity index (χ1) is 12.2. The molecule has 1 heterocycles. The minimum Gasteiger partial charge on any atom is -0.504 e. The van der Waals surface area contributed by atoms with E-state index in [9.17, 15) is 9.90 Å². The van der Waals surface area contributed by atoms with Gasteiger partial charge in [-0.15, -0.1) is 0 Å². The van der Waals surface area contributed by atoms with E-state index in [4.69, 9.17) is 9.47 Å². The van der Waals surface area contributed by atoms with Gasteiger partial charge in [0.25, 0.3) is 0 Å². The van der Waals surface area contributed by atoms with Crippen LogP contribution in [-0.2, 0) is 4.74 Å². The summed E-state index contributed by atoms with van der Waals surface area (Å²) in [4.78, 5) is 14.5. The van der Waals surface area contributed by atoms with Crippen molar-refractivity contribution in [1.29, 1.82) is 0 Å². The largest absolute Gasteiger partial charge is 0.504 e. The molecule has 0 unspecified atom stereocenters. The van der Waals surface area contributed by atoms with Crippen molar-refractivity contribution in [3.05, 3.63) is 59.7 Å². The van der Waals surface area contributed by atoms with Gasteiger partial charge in [0.1, 0.15) is 0 Å². The summed E-state index contributed by atoms with van der Waals surface area (Å²) < 4.78 is 10.4. The van der Waals surface area contributed by atoms with Crippen LogP contribution in [0.4, 0.5) is 5.69 Å². The predicted molar refractivity (Wildman–Crippen MR) is 97.5 cm³/mol. The Morgan fingerprint density at radius 2 is 1.88 bits per heavy atom. The Kier molecular flexibility index (Phi) is 5.36. The number of morpholine rings is 1. The third kappa shape index (κ3) is 4.19. The summed E-state index contributed by atoms with van der Waals surface area (Å²) in [7, 11) is 1.49. The average Bonchev–Trinajstić information content (AvgIpc) is 2.67. The van der Waals surface area contributed by atoms with Crippen molar-refractivity contribution in [1.82, 2.24) is 0 Å². The van der Waals surface area contributed by atoms with Crippen LogP contribution >= 0.6 is 0 Å². The zero-order valence-corrected chi connectivity index (χ0v) is 14.1. The minimum atomic E-state index is -0.0798. The summed E-state index contributed by atoms with van der Waals surface area (Å²) in [6.45, 7) is 3.21. The molecule has 0 radical (unpaired) electrons. The SMILES string of the molecule is COc1ccc(C=CC(=O)c2ccc(N3CCOCC3)cc2)cc1O. The molecule has 0 bridgehead atoms. The van der Waals surface area contributed by atoms with Crippen LogP contribution in [-0.4, -0.2) is 44.3 Å². The van der Waals surface area contributed by atoms with Gasteiger partial charge < -0.3 is 19.5 Å². The normalized spacial score (nSPS) is 14.7. The number of carbonyl (C=O) groups is 1. The highest BCUT2D eigenvalue weighted by Crippen LogP contribution is 2.26. The first-order valence-corrected chi connectivity index (χ1v) is 8.19. The molecule has 0 aliphatic carbocycles. The van der Waals surface area contributed by atoms with Crippen LogP contribution in [0.25, 0.3) is 6.08 Å². The van der Waals surface area contributed by atoms with E-state index >= 15 is 0 Å². The summed E-state index contributed by atoms with van der Waals surface area (Å²) in [6, 6.07) is 12.6. The highest BCUT2D eigenvalue weighted by atomic mass is 16.5. The van der Waals surface area contributed by atoms with Crippen molar-refractivity contribution in [3.8, 4) is 11.5 Å². The number of phenols is 1. The minimum absolute atomic E-state index is 0.0481. The molecule has 2 aromatic rings. The highest BCUT2D eigenvalue weighted by Gasteiger charge is 2.11. The lowest BCUT2D eigenvalue weighted by Crippen LogP contribution is -2.36. The Balaban J connectivity index is 1.67. The van der Waals surface area contributed by atoms with E-state index in [1.807, 2.05) is 24.3 Å². The lowest BCUT2D eigenvalue weighted by Gasteiger charge is -2.28. The number of benzene rings is 2. The van der Waals surface area contributed by atoms with Crippen molar-refractivity contribution in [2.24, 2.45) is 0 Å². The van der Waals surface area contributed by atoms with Crippen molar-refractivity contribution < 1.29 is 19.4 Å². The Morgan fingerprint density at radius 1 is 1.16 bits per heavy atom. The number of ketones is 1. The van der Waals surface area contributed by atoms with E-state index in [0.717, 1.165) is 37.6 Å². The topological polar surface area (TPSA) is 59.0 Å². The average molecular weight is 339 g/mol. The van der Waals surface area contributed by atoms with Crippen molar-refractivity contribution in [2.75, 3.05) is 38.3 Å². The van der Waals surface area contributed by atoms with Gasteiger partial charge in [0.05, 0.1) is 20.3 Å². The first kappa shape index (κ1) is 17.0. The van der Waals surface area contributed by atoms with E-state index in [1.54, 1.807) is 24.3 Å². The number of aromatic hydroxyl groups is 1. The monoisotopic (exact) mass is 339 g/mol. The van der Waals surface area contributed by atoms with Gasteiger partial charge in [-0.2, -0.15) is 0 Å². The maximum atomic E-state index is 12.3. The molecule has 0 saturated carbocycles. The number of anilines is 1. The van der Waals surface area contributed by atoms with E-state index in [2.05, 4.69) is 4.90 Å². The quantitative estimate of drug-likeness (QED) is 0.670. The van der Waals surface area contributed by atoms with Gasteiger partial charge in [-0.1, -0.05) is 12.1 Å². The summed E-state index contributed by atoms with van der Waals surface area (Å²) in [6.07, 6.45) is 3.18. The van der Waals surface area contributed by atoms with Crippen molar-refractivity contribution >= 4 is 17.5 Å². The number of carbonyl (C=O) groups excluding carboxylic acids is 1. The fourth-order valence-electron chi connectivity index (χ4n) is 2.74. The number of nitrogens with zero attached hydrogens (tertiary/aromatic N) is 1. The molecule has 5 nitrogen and oxygen atoms in total. The molecule has 0 spiro atoms. The van der Waals surface area contributed by atoms with E-state index < -0.39 is 0 Å². The van der Waals surface area contributed by atoms with Gasteiger partial charge >= 0.3 is 0 Å². The molecule has 0 atom stereocenters. The predicted octanol–water partition coefficient (Wildman–Crippen LogP) is 3.13. The number of phenolic OH excluding ortho intramolecular Hbond substituents is 1. The van der Waals surface area contributed by atoms with Gasteiger partial charge in [-0.3, -0.25) is 4.79 Å². The van der Waals surface area contributed by atoms with E-state index in [0.29, 0.717) is 11.3 Å². The first-order valence-electron chi connectivity index (χ1n) is 8.19. The number of hydrogen-bond acceptors (Lipinski definition) is 5. The van der Waals surface area contributed by atoms with Gasteiger partial charge in [0, 0.05) is 24.3 Å². The van der Waals surface area contributed by atoms with Crippen LogP contribution in [0.1, 0.15) is 15.9 Å². The summed E-state index contributed by atoms with van der Waals surface area (Å²) >= 11 is 0. The smallest absolute Gasteiger partial charge is 0.185 e. The van der Waals surface area contributed by atoms with Gasteiger partial charge in [-0.05, 0) is 48.0 Å². The van der Waals surface area contributed by atoms with Crippen molar-refractivity contribution in [3.63, 3.8) is 0 Å². The van der Waals surface area contributed by atoms with Crippen LogP contribution in [0.5, 0.6) is 11.5 Å². The second-order valence-corrected chi connectivity index (χ2v) is 5.78. The molecule has 0 aromatic heterocycles. The van der Waals surface area contributed by atoms with E-state index in [-0.39, 0.29) is 11.5 Å². The highest BCUT2D eigenvalue weighted by molar-refractivity contribution is 6.07. The molecular formula is C20H21NO4. The number of hydrogen-bond donors (Lipinski definition) is 1. The number of methoxy groups -OCH3 is 1. The lowest BCUT2D eigenvalue weighted by molar-refractivity contribution is 0.104. The van der Waals surface area contributed by atoms with Crippen LogP contribution in [0.3, 0.4) is 0 Å². The summed E-state index contributed by atoms with van der Waals surface area (Å²) in [5.74, 6) is 0.373. The van der Waals surface area contributed by atoms with Crippen LogP contribution in [0.2, 0.25) is 0 Å². The molecule has 1 aliphatic heterocycles. The number of rotatable bonds is 5. The molecule has 130 valence electrons. The molecule has 1 saturated heterocycles.